The third-order valence-corrected chi connectivity index (χ3v) is 6.06. The molecule has 0 bridgehead atoms. The summed E-state index contributed by atoms with van der Waals surface area (Å²) in [5.74, 6) is -0.220. The van der Waals surface area contributed by atoms with Gasteiger partial charge in [0.25, 0.3) is 11.8 Å². The highest BCUT2D eigenvalue weighted by molar-refractivity contribution is 6.02. The van der Waals surface area contributed by atoms with Gasteiger partial charge in [0.2, 0.25) is 0 Å². The Morgan fingerprint density at radius 1 is 0.939 bits per heavy atom. The topological polar surface area (TPSA) is 72.9 Å². The van der Waals surface area contributed by atoms with Crippen molar-refractivity contribution in [1.29, 1.82) is 0 Å². The van der Waals surface area contributed by atoms with Crippen LogP contribution < -0.4 is 0 Å². The van der Waals surface area contributed by atoms with Crippen LogP contribution in [0.3, 0.4) is 0 Å². The summed E-state index contributed by atoms with van der Waals surface area (Å²) in [6, 6.07) is 15.6. The Morgan fingerprint density at radius 3 is 2.24 bits per heavy atom. The van der Waals surface area contributed by atoms with Crippen molar-refractivity contribution < 1.29 is 24.0 Å². The molecule has 1 fully saturated rings. The molecule has 2 aromatic rings. The molecule has 1 aliphatic heterocycles. The van der Waals surface area contributed by atoms with E-state index >= 15 is 0 Å². The van der Waals surface area contributed by atoms with Gasteiger partial charge in [-0.1, -0.05) is 55.0 Å². The number of ether oxygens (including phenoxy) is 1. The number of methoxy groups -OCH3 is 1. The lowest BCUT2D eigenvalue weighted by molar-refractivity contribution is -0.172. The van der Waals surface area contributed by atoms with Gasteiger partial charge in [0.1, 0.15) is 0 Å². The smallest absolute Gasteiger partial charge is 0.363 e. The van der Waals surface area contributed by atoms with Gasteiger partial charge in [-0.3, -0.25) is 9.59 Å². The fraction of sp³-hybridized carbons (Fsp3) is 0.296. The van der Waals surface area contributed by atoms with E-state index in [0.717, 1.165) is 30.6 Å². The summed E-state index contributed by atoms with van der Waals surface area (Å²) < 4.78 is 5.37. The lowest BCUT2D eigenvalue weighted by Gasteiger charge is -2.21. The number of hydroxylamine groups is 2. The van der Waals surface area contributed by atoms with Crippen molar-refractivity contribution in [2.75, 3.05) is 7.11 Å². The monoisotopic (exact) mass is 445 g/mol. The predicted octanol–water partition coefficient (Wildman–Crippen LogP) is 4.54. The number of imide groups is 1. The Bertz CT molecular complexity index is 1110. The zero-order chi connectivity index (χ0) is 23.4. The molecule has 33 heavy (non-hydrogen) atoms. The van der Waals surface area contributed by atoms with Gasteiger partial charge >= 0.3 is 5.97 Å². The van der Waals surface area contributed by atoms with Gasteiger partial charge in [-0.15, -0.1) is 5.06 Å². The summed E-state index contributed by atoms with van der Waals surface area (Å²) in [6.07, 6.45) is 6.94. The van der Waals surface area contributed by atoms with Gasteiger partial charge in [-0.2, -0.15) is 0 Å². The zero-order valence-electron chi connectivity index (χ0n) is 18.9. The second-order valence-corrected chi connectivity index (χ2v) is 8.51. The Hall–Kier alpha value is -3.67. The maximum absolute atomic E-state index is 12.3. The summed E-state index contributed by atoms with van der Waals surface area (Å²) in [4.78, 5) is 40.5. The van der Waals surface area contributed by atoms with Crippen LogP contribution in [-0.2, 0) is 32.0 Å². The second kappa shape index (κ2) is 9.86. The lowest BCUT2D eigenvalue weighted by atomic mass is 9.87. The van der Waals surface area contributed by atoms with Crippen molar-refractivity contribution in [2.45, 2.75) is 39.0 Å². The van der Waals surface area contributed by atoms with Crippen LogP contribution in [0.4, 0.5) is 0 Å². The van der Waals surface area contributed by atoms with Gasteiger partial charge in [0, 0.05) is 19.3 Å². The van der Waals surface area contributed by atoms with Crippen molar-refractivity contribution in [3.8, 4) is 0 Å². The number of hydrogen-bond acceptors (Lipinski definition) is 5. The van der Waals surface area contributed by atoms with Crippen molar-refractivity contribution in [3.05, 3.63) is 94.3 Å². The molecular weight excluding hydrogens is 418 g/mol. The molecule has 0 aromatic heterocycles. The molecule has 170 valence electrons. The number of hydrogen-bond donors (Lipinski definition) is 0. The first-order valence-electron chi connectivity index (χ1n) is 11.1. The van der Waals surface area contributed by atoms with Gasteiger partial charge in [0.05, 0.1) is 18.4 Å². The summed E-state index contributed by atoms with van der Waals surface area (Å²) in [5.41, 5.74) is 5.19. The van der Waals surface area contributed by atoms with Gasteiger partial charge in [-0.05, 0) is 53.7 Å². The van der Waals surface area contributed by atoms with Crippen molar-refractivity contribution >= 4 is 17.8 Å². The molecule has 2 amide bonds. The van der Waals surface area contributed by atoms with Crippen LogP contribution in [0.15, 0.2) is 72.0 Å². The molecule has 0 saturated carbocycles. The van der Waals surface area contributed by atoms with Crippen molar-refractivity contribution in [2.24, 2.45) is 5.92 Å². The number of carbonyl (C=O) groups is 3. The molecule has 1 aliphatic carbocycles. The van der Waals surface area contributed by atoms with Crippen LogP contribution in [0.2, 0.25) is 0 Å². The molecular formula is C27H27NO5. The van der Waals surface area contributed by atoms with E-state index in [4.69, 9.17) is 9.57 Å². The molecule has 1 unspecified atom stereocenters. The van der Waals surface area contributed by atoms with Crippen LogP contribution in [0.25, 0.3) is 0 Å². The Balaban J connectivity index is 1.39. The maximum atomic E-state index is 12.3. The molecule has 6 nitrogen and oxygen atoms in total. The maximum Gasteiger partial charge on any atom is 0.363 e. The SMILES string of the molecule is COC1=CC=C(Cc2cccc(Cc3ccc(C(=O)ON4C(=O)CCC4=O)cc3)c2)C(C)C1. The van der Waals surface area contributed by atoms with Crippen LogP contribution in [0.5, 0.6) is 0 Å². The van der Waals surface area contributed by atoms with Crippen LogP contribution in [-0.4, -0.2) is 30.0 Å². The van der Waals surface area contributed by atoms with E-state index in [9.17, 15) is 14.4 Å². The molecule has 0 spiro atoms. The highest BCUT2D eigenvalue weighted by Gasteiger charge is 2.33. The number of carbonyl (C=O) groups excluding carboxylic acids is 3. The second-order valence-electron chi connectivity index (χ2n) is 8.51. The molecule has 2 aromatic carbocycles. The van der Waals surface area contributed by atoms with Crippen molar-refractivity contribution in [1.82, 2.24) is 5.06 Å². The molecule has 6 heteroatoms. The number of nitrogens with zero attached hydrogens (tertiary/aromatic N) is 1. The Labute approximate surface area is 193 Å². The summed E-state index contributed by atoms with van der Waals surface area (Å²) in [5, 5.41) is 0.566. The molecule has 1 heterocycles. The molecule has 0 radical (unpaired) electrons. The van der Waals surface area contributed by atoms with Gasteiger partial charge < -0.3 is 9.57 Å². The molecule has 2 aliphatic rings. The van der Waals surface area contributed by atoms with E-state index < -0.39 is 17.8 Å². The summed E-state index contributed by atoms with van der Waals surface area (Å²) in [7, 11) is 1.71. The van der Waals surface area contributed by atoms with E-state index in [1.807, 2.05) is 12.1 Å². The highest BCUT2D eigenvalue weighted by atomic mass is 16.7. The van der Waals surface area contributed by atoms with Crippen LogP contribution in [0.1, 0.15) is 53.2 Å². The van der Waals surface area contributed by atoms with E-state index in [-0.39, 0.29) is 12.8 Å². The minimum Gasteiger partial charge on any atom is -0.501 e. The minimum atomic E-state index is -0.715. The Morgan fingerprint density at radius 2 is 1.61 bits per heavy atom. The minimum absolute atomic E-state index is 0.0746. The van der Waals surface area contributed by atoms with Gasteiger partial charge in [-0.25, -0.2) is 4.79 Å². The van der Waals surface area contributed by atoms with Gasteiger partial charge in [0.15, 0.2) is 0 Å². The number of benzene rings is 2. The average Bonchev–Trinajstić information content (AvgIpc) is 3.13. The molecule has 4 rings (SSSR count). The number of rotatable bonds is 7. The van der Waals surface area contributed by atoms with E-state index in [1.165, 1.54) is 16.7 Å². The third kappa shape index (κ3) is 5.40. The van der Waals surface area contributed by atoms with Crippen LogP contribution >= 0.6 is 0 Å². The fourth-order valence-corrected chi connectivity index (χ4v) is 4.12. The lowest BCUT2D eigenvalue weighted by Crippen LogP contribution is -2.32. The first-order chi connectivity index (χ1) is 15.9. The first kappa shape index (κ1) is 22.5. The van der Waals surface area contributed by atoms with Crippen molar-refractivity contribution in [3.63, 3.8) is 0 Å². The zero-order valence-corrected chi connectivity index (χ0v) is 18.9. The first-order valence-corrected chi connectivity index (χ1v) is 11.1. The largest absolute Gasteiger partial charge is 0.501 e. The summed E-state index contributed by atoms with van der Waals surface area (Å²) in [6.45, 7) is 2.23. The number of allylic oxidation sites excluding steroid dienone is 4. The predicted molar refractivity (Wildman–Crippen MR) is 123 cm³/mol. The average molecular weight is 446 g/mol. The molecule has 0 N–H and O–H groups in total. The highest BCUT2D eigenvalue weighted by Crippen LogP contribution is 2.28. The summed E-state index contributed by atoms with van der Waals surface area (Å²) >= 11 is 0. The standard InChI is InChI=1S/C27H27NO5/c1-18-14-24(32-2)11-10-23(18)17-21-5-3-4-20(16-21)15-19-6-8-22(9-7-19)27(31)33-28-25(29)12-13-26(28)30/h3-11,16,18H,12-15,17H2,1-2H3. The van der Waals surface area contributed by atoms with E-state index in [1.54, 1.807) is 19.2 Å². The van der Waals surface area contributed by atoms with E-state index in [0.29, 0.717) is 16.5 Å². The molecule has 1 atom stereocenters. The fourth-order valence-electron chi connectivity index (χ4n) is 4.12. The number of amides is 2. The quantitative estimate of drug-likeness (QED) is 0.585. The molecule has 1 saturated heterocycles. The van der Waals surface area contributed by atoms with E-state index in [2.05, 4.69) is 43.3 Å². The Kier molecular flexibility index (Phi) is 6.73. The third-order valence-electron chi connectivity index (χ3n) is 6.06. The normalized spacial score (nSPS) is 18.1. The van der Waals surface area contributed by atoms with Crippen LogP contribution in [0, 0.1) is 5.92 Å².